The molecule has 15 rings (SSSR count). The van der Waals surface area contributed by atoms with Gasteiger partial charge in [0.15, 0.2) is 0 Å². The summed E-state index contributed by atoms with van der Waals surface area (Å²) in [6, 6.07) is 42.2. The first kappa shape index (κ1) is 96.8. The van der Waals surface area contributed by atoms with Gasteiger partial charge in [-0.1, -0.05) is 261 Å². The third-order valence-electron chi connectivity index (χ3n) is 24.8. The quantitative estimate of drug-likeness (QED) is 0.0255. The molecule has 1 radical (unpaired) electrons. The largest absolute Gasteiger partial charge is 2.00 e. The van der Waals surface area contributed by atoms with E-state index in [9.17, 15) is 19.2 Å². The van der Waals surface area contributed by atoms with Crippen LogP contribution in [0.1, 0.15) is 269 Å². The van der Waals surface area contributed by atoms with Crippen LogP contribution in [0.2, 0.25) is 0 Å². The minimum atomic E-state index is -0.531. The topological polar surface area (TPSA) is 196 Å². The molecule has 4 aliphatic carbocycles. The van der Waals surface area contributed by atoms with Gasteiger partial charge >= 0.3 is 40.9 Å². The zero-order chi connectivity index (χ0) is 85.0. The van der Waals surface area contributed by atoms with Crippen molar-refractivity contribution >= 4 is 67.5 Å². The second-order valence-corrected chi connectivity index (χ2v) is 37.0. The van der Waals surface area contributed by atoms with Crippen LogP contribution in [0.4, 0.5) is 0 Å². The van der Waals surface area contributed by atoms with Gasteiger partial charge in [-0.05, 0) is 179 Å². The molecule has 6 aromatic carbocycles. The van der Waals surface area contributed by atoms with E-state index in [4.69, 9.17) is 57.8 Å². The normalized spacial score (nSPS) is 14.5. The van der Waals surface area contributed by atoms with Crippen molar-refractivity contribution in [3.8, 4) is 68.0 Å². The summed E-state index contributed by atoms with van der Waals surface area (Å²) in [5, 5.41) is 3.13. The van der Waals surface area contributed by atoms with Gasteiger partial charge in [0.1, 0.15) is 73.8 Å². The molecular formula is C104H128CuFe2N4O12. The first-order chi connectivity index (χ1) is 57.8. The predicted octanol–water partition coefficient (Wildman–Crippen LogP) is 25.9. The smallest absolute Gasteiger partial charge is 0.657 e. The van der Waals surface area contributed by atoms with E-state index >= 15 is 0 Å². The number of hydrogen-bond donors (Lipinski definition) is 0. The summed E-state index contributed by atoms with van der Waals surface area (Å²) >= 11 is 0. The van der Waals surface area contributed by atoms with E-state index in [1.807, 2.05) is 72.8 Å². The summed E-state index contributed by atoms with van der Waals surface area (Å²) in [6.07, 6.45) is 21.7. The summed E-state index contributed by atoms with van der Waals surface area (Å²) in [7, 11) is 0. The van der Waals surface area contributed by atoms with Gasteiger partial charge in [-0.2, -0.15) is 0 Å². The van der Waals surface area contributed by atoms with Crippen molar-refractivity contribution in [2.45, 2.75) is 277 Å². The maximum Gasteiger partial charge on any atom is 2.00 e. The molecule has 0 spiro atoms. The van der Waals surface area contributed by atoms with Gasteiger partial charge < -0.3 is 47.9 Å². The van der Waals surface area contributed by atoms with Crippen LogP contribution in [0.15, 0.2) is 133 Å². The molecule has 3 aromatic heterocycles. The van der Waals surface area contributed by atoms with Crippen molar-refractivity contribution in [2.75, 3.05) is 0 Å². The molecule has 9 aromatic rings. The third kappa shape index (κ3) is 23.5. The van der Waals surface area contributed by atoms with Crippen molar-refractivity contribution < 1.29 is 108 Å². The Bertz CT molecular complexity index is 4870. The van der Waals surface area contributed by atoms with Crippen LogP contribution in [0, 0.1) is 59.2 Å². The number of fused-ring (bicyclic) bond motifs is 20. The van der Waals surface area contributed by atoms with Crippen LogP contribution < -0.4 is 28.9 Å². The Kier molecular flexibility index (Phi) is 35.1. The number of rotatable bonds is 28. The second kappa shape index (κ2) is 44.7. The summed E-state index contributed by atoms with van der Waals surface area (Å²) < 4.78 is 53.4. The first-order valence-electron chi connectivity index (χ1n) is 45.1. The van der Waals surface area contributed by atoms with Gasteiger partial charge in [0, 0.05) is 56.0 Å². The Hall–Kier alpha value is -8.40. The molecule has 0 atom stereocenters. The zero-order valence-corrected chi connectivity index (χ0v) is 78.2. The summed E-state index contributed by atoms with van der Waals surface area (Å²) in [4.78, 5) is 77.5. The fourth-order valence-corrected chi connectivity index (χ4v) is 18.7. The Labute approximate surface area is 761 Å². The average Bonchev–Trinajstić information content (AvgIpc) is 1.58. The minimum Gasteiger partial charge on any atom is -0.657 e. The Morgan fingerprint density at radius 2 is 0.610 bits per heavy atom. The predicted molar refractivity (Wildman–Crippen MR) is 480 cm³/mol. The van der Waals surface area contributed by atoms with E-state index in [1.165, 1.54) is 64.2 Å². The molecule has 123 heavy (non-hydrogen) atoms. The Balaban J connectivity index is 0.00000114. The minimum absolute atomic E-state index is 0. The molecule has 4 fully saturated rings. The maximum atomic E-state index is 14.5. The molecule has 6 aliphatic rings. The number of esters is 4. The van der Waals surface area contributed by atoms with Crippen molar-refractivity contribution in [2.24, 2.45) is 59.2 Å². The number of hydrogen-bond acceptors (Lipinski definition) is 14. The fourth-order valence-electron chi connectivity index (χ4n) is 18.7. The summed E-state index contributed by atoms with van der Waals surface area (Å²) in [5.41, 5.74) is 10.9. The SMILES string of the molecule is C1CCCC1.C1CCCC1.CC(C)C(Oc1ccc(COC(=O)c2ccc(COC(=O)C3CCCC3)cc2)c2c1-c1cc3[n-]c(cc4nc(cc5[n-]c(cc-2n1)c1c(OC(C(C)C)C(C)C)cccc51)-c1c(OC(C(C)C)C(C)C)ccc(COC(=O)c2ccc(COC(=O)C5CCCC5)cc2)c1-4)c1c(OC(C(C)C)C(C)C)cccc31)C(C)C.[Cu+2].[Fe].[Fe]. The van der Waals surface area contributed by atoms with Gasteiger partial charge in [-0.15, -0.1) is 22.1 Å². The molecule has 0 amide bonds. The first-order valence-corrected chi connectivity index (χ1v) is 45.1. The molecule has 4 saturated carbocycles. The van der Waals surface area contributed by atoms with Crippen LogP contribution in [-0.4, -0.2) is 58.3 Å². The standard InChI is InChI=1S/C94H108N4O12.2C5H10.Cu.2Fe/c1-51(2)87(52(3)4)107-77-29-21-27-67-69-43-75-85-79(109-89(55(9)10)56(11)12)42-40-66(50-106-94(102)64-37-33-60(34-38-64)48-104-92(100)62-25-19-20-26-62)82(85)72(98-75)46-74-84-68(28-22-30-78(84)108-88(53(5)6)54(7)8)70(96-74)44-76-86-80(110-90(57(13)14)58(15)16)41-39-65(81(86)71(97-76)45-73(95-69)83(67)77)49-105-93(101)63-35-31-59(32-36-63)47-103-91(99)61-23-17-18-24-61;2*1-2-4-5-3-1;;;/h21-22,27-46,51-58,61-62,87-90H,17-20,23-26,47-50H2,1-16H3;2*1-5H2;;;/q-2;;;+2;;. The molecule has 5 heterocycles. The van der Waals surface area contributed by atoms with Gasteiger partial charge in [-0.3, -0.25) is 9.59 Å². The van der Waals surface area contributed by atoms with E-state index < -0.39 is 11.9 Å². The van der Waals surface area contributed by atoms with Crippen LogP contribution in [0.25, 0.3) is 88.6 Å². The molecule has 16 nitrogen and oxygen atoms in total. The number of carbonyl (C=O) groups is 4. The molecule has 2 aliphatic heterocycles. The zero-order valence-electron chi connectivity index (χ0n) is 75.0. The van der Waals surface area contributed by atoms with E-state index in [0.717, 1.165) is 84.0 Å². The maximum absolute atomic E-state index is 14.5. The molecular weight excluding hydrogens is 1670 g/mol. The van der Waals surface area contributed by atoms with Gasteiger partial charge in [0.05, 0.1) is 56.9 Å². The molecule has 0 saturated heterocycles. The van der Waals surface area contributed by atoms with Crippen molar-refractivity contribution in [1.82, 2.24) is 19.9 Å². The number of aromatic nitrogens is 4. The number of benzene rings is 6. The Morgan fingerprint density at radius 1 is 0.325 bits per heavy atom. The average molecular weight is 1800 g/mol. The summed E-state index contributed by atoms with van der Waals surface area (Å²) in [6.45, 7) is 34.8. The fraction of sp³-hybridized carbons (Fsp3) is 0.500. The van der Waals surface area contributed by atoms with Crippen LogP contribution in [-0.2, 0) is 106 Å². The van der Waals surface area contributed by atoms with Crippen LogP contribution in [0.5, 0.6) is 23.0 Å². The van der Waals surface area contributed by atoms with Crippen molar-refractivity contribution in [1.29, 1.82) is 0 Å². The van der Waals surface area contributed by atoms with Crippen molar-refractivity contribution in [3.63, 3.8) is 0 Å². The monoisotopic (exact) mass is 1800 g/mol. The second-order valence-electron chi connectivity index (χ2n) is 37.0. The molecule has 19 heteroatoms. The van der Waals surface area contributed by atoms with Gasteiger partial charge in [0.25, 0.3) is 0 Å². The van der Waals surface area contributed by atoms with E-state index in [0.29, 0.717) is 112 Å². The van der Waals surface area contributed by atoms with E-state index in [-0.39, 0.29) is 173 Å². The van der Waals surface area contributed by atoms with Crippen LogP contribution >= 0.6 is 0 Å². The molecule has 0 unspecified atom stereocenters. The number of nitrogens with zero attached hydrogens (tertiary/aromatic N) is 4. The Morgan fingerprint density at radius 3 is 0.911 bits per heavy atom. The number of carbonyl (C=O) groups excluding carboxylic acids is 4. The van der Waals surface area contributed by atoms with Crippen molar-refractivity contribution in [3.05, 3.63) is 167 Å². The van der Waals surface area contributed by atoms with Gasteiger partial charge in [0.2, 0.25) is 0 Å². The summed E-state index contributed by atoms with van der Waals surface area (Å²) in [5.74, 6) is 2.00. The molecule has 663 valence electrons. The molecule has 0 N–H and O–H groups in total. The van der Waals surface area contributed by atoms with E-state index in [2.05, 4.69) is 123 Å². The van der Waals surface area contributed by atoms with Gasteiger partial charge in [-0.25, -0.2) is 19.6 Å². The number of ether oxygens (including phenoxy) is 8. The third-order valence-corrected chi connectivity index (χ3v) is 24.8. The van der Waals surface area contributed by atoms with Crippen LogP contribution in [0.3, 0.4) is 0 Å². The molecule has 8 bridgehead atoms. The van der Waals surface area contributed by atoms with E-state index in [1.54, 1.807) is 48.5 Å².